The van der Waals surface area contributed by atoms with Crippen LogP contribution in [0.15, 0.2) is 18.2 Å². The first-order chi connectivity index (χ1) is 10.3. The smallest absolute Gasteiger partial charge is 0.125 e. The van der Waals surface area contributed by atoms with Crippen LogP contribution in [0.5, 0.6) is 0 Å². The first-order valence-corrected chi connectivity index (χ1v) is 8.19. The molecular formula is C17H26FN3. The molecule has 2 aliphatic heterocycles. The van der Waals surface area contributed by atoms with Gasteiger partial charge < -0.3 is 10.2 Å². The third kappa shape index (κ3) is 3.55. The number of halogens is 1. The van der Waals surface area contributed by atoms with Crippen molar-refractivity contribution in [1.29, 1.82) is 0 Å². The van der Waals surface area contributed by atoms with Crippen LogP contribution in [0, 0.1) is 5.82 Å². The van der Waals surface area contributed by atoms with Crippen LogP contribution in [-0.2, 0) is 6.54 Å². The summed E-state index contributed by atoms with van der Waals surface area (Å²) in [6.45, 7) is 5.29. The molecule has 2 heterocycles. The molecule has 116 valence electrons. The summed E-state index contributed by atoms with van der Waals surface area (Å²) < 4.78 is 13.8. The minimum absolute atomic E-state index is 0.126. The van der Waals surface area contributed by atoms with Gasteiger partial charge in [-0.2, -0.15) is 0 Å². The van der Waals surface area contributed by atoms with Crippen molar-refractivity contribution in [3.63, 3.8) is 0 Å². The summed E-state index contributed by atoms with van der Waals surface area (Å²) >= 11 is 0. The number of benzene rings is 1. The van der Waals surface area contributed by atoms with Crippen molar-refractivity contribution < 1.29 is 4.39 Å². The van der Waals surface area contributed by atoms with E-state index in [1.165, 1.54) is 38.8 Å². The monoisotopic (exact) mass is 291 g/mol. The van der Waals surface area contributed by atoms with Crippen LogP contribution >= 0.6 is 0 Å². The Balaban J connectivity index is 1.67. The second kappa shape index (κ2) is 6.75. The van der Waals surface area contributed by atoms with Gasteiger partial charge in [0.05, 0.1) is 0 Å². The fraction of sp³-hybridized carbons (Fsp3) is 0.647. The molecule has 0 saturated carbocycles. The van der Waals surface area contributed by atoms with Gasteiger partial charge in [0.25, 0.3) is 0 Å². The van der Waals surface area contributed by atoms with Gasteiger partial charge in [0.1, 0.15) is 5.82 Å². The summed E-state index contributed by atoms with van der Waals surface area (Å²) in [6, 6.07) is 6.08. The maximum absolute atomic E-state index is 13.8. The van der Waals surface area contributed by atoms with E-state index >= 15 is 0 Å². The van der Waals surface area contributed by atoms with Crippen molar-refractivity contribution in [3.8, 4) is 0 Å². The number of likely N-dealkylation sites (tertiary alicyclic amines) is 1. The van der Waals surface area contributed by atoms with Gasteiger partial charge in [0, 0.05) is 31.4 Å². The molecule has 2 saturated heterocycles. The highest BCUT2D eigenvalue weighted by Gasteiger charge is 2.28. The number of anilines is 1. The Labute approximate surface area is 127 Å². The lowest BCUT2D eigenvalue weighted by molar-refractivity contribution is 0.175. The average Bonchev–Trinajstić information content (AvgIpc) is 2.98. The predicted molar refractivity (Wildman–Crippen MR) is 85.2 cm³/mol. The average molecular weight is 291 g/mol. The van der Waals surface area contributed by atoms with Crippen molar-refractivity contribution in [2.24, 2.45) is 0 Å². The molecule has 0 aliphatic carbocycles. The molecule has 0 amide bonds. The van der Waals surface area contributed by atoms with E-state index in [4.69, 9.17) is 0 Å². The Kier molecular flexibility index (Phi) is 4.76. The quantitative estimate of drug-likeness (QED) is 0.920. The van der Waals surface area contributed by atoms with E-state index in [1.807, 2.05) is 7.05 Å². The van der Waals surface area contributed by atoms with Crippen LogP contribution in [-0.4, -0.2) is 44.2 Å². The van der Waals surface area contributed by atoms with Gasteiger partial charge in [0.2, 0.25) is 0 Å². The van der Waals surface area contributed by atoms with Gasteiger partial charge in [0.15, 0.2) is 0 Å². The van der Waals surface area contributed by atoms with Gasteiger partial charge >= 0.3 is 0 Å². The molecule has 2 aliphatic rings. The Bertz CT molecular complexity index is 471. The molecular weight excluding hydrogens is 265 g/mol. The first kappa shape index (κ1) is 14.8. The highest BCUT2D eigenvalue weighted by Crippen LogP contribution is 2.26. The highest BCUT2D eigenvalue weighted by molar-refractivity contribution is 5.50. The minimum atomic E-state index is -0.126. The molecule has 4 heteroatoms. The molecule has 3 nitrogen and oxygen atoms in total. The SMILES string of the molecule is CNCc1cc(F)cc(N2CCC(N3CCCCC3)C2)c1. The molecule has 1 aromatic rings. The lowest BCUT2D eigenvalue weighted by Crippen LogP contribution is -2.40. The molecule has 1 N–H and O–H groups in total. The van der Waals surface area contributed by atoms with E-state index in [-0.39, 0.29) is 5.82 Å². The number of rotatable bonds is 4. The number of piperidine rings is 1. The van der Waals surface area contributed by atoms with Gasteiger partial charge in [-0.25, -0.2) is 4.39 Å². The Morgan fingerprint density at radius 2 is 1.95 bits per heavy atom. The second-order valence-corrected chi connectivity index (χ2v) is 6.33. The summed E-state index contributed by atoms with van der Waals surface area (Å²) in [7, 11) is 1.90. The zero-order chi connectivity index (χ0) is 14.7. The van der Waals surface area contributed by atoms with Crippen LogP contribution in [0.3, 0.4) is 0 Å². The predicted octanol–water partition coefficient (Wildman–Crippen LogP) is 2.61. The minimum Gasteiger partial charge on any atom is -0.370 e. The second-order valence-electron chi connectivity index (χ2n) is 6.33. The number of hydrogen-bond donors (Lipinski definition) is 1. The van der Waals surface area contributed by atoms with Gasteiger partial charge in [-0.15, -0.1) is 0 Å². The maximum Gasteiger partial charge on any atom is 0.125 e. The van der Waals surface area contributed by atoms with Crippen LogP contribution in [0.4, 0.5) is 10.1 Å². The van der Waals surface area contributed by atoms with Crippen molar-refractivity contribution in [2.45, 2.75) is 38.3 Å². The fourth-order valence-corrected chi connectivity index (χ4v) is 3.68. The summed E-state index contributed by atoms with van der Waals surface area (Å²) in [4.78, 5) is 4.98. The van der Waals surface area contributed by atoms with Crippen LogP contribution < -0.4 is 10.2 Å². The van der Waals surface area contributed by atoms with Gasteiger partial charge in [-0.05, 0) is 63.2 Å². The molecule has 0 bridgehead atoms. The molecule has 21 heavy (non-hydrogen) atoms. The molecule has 0 radical (unpaired) electrons. The van der Waals surface area contributed by atoms with Crippen LogP contribution in [0.2, 0.25) is 0 Å². The van der Waals surface area contributed by atoms with E-state index < -0.39 is 0 Å². The molecule has 2 fully saturated rings. The van der Waals surface area contributed by atoms with E-state index in [2.05, 4.69) is 21.2 Å². The largest absolute Gasteiger partial charge is 0.370 e. The number of nitrogens with one attached hydrogen (secondary N) is 1. The van der Waals surface area contributed by atoms with Gasteiger partial charge in [-0.1, -0.05) is 6.42 Å². The first-order valence-electron chi connectivity index (χ1n) is 8.19. The van der Waals surface area contributed by atoms with Crippen molar-refractivity contribution in [3.05, 3.63) is 29.6 Å². The lowest BCUT2D eigenvalue weighted by Gasteiger charge is -2.32. The van der Waals surface area contributed by atoms with Crippen LogP contribution in [0.1, 0.15) is 31.2 Å². The highest BCUT2D eigenvalue weighted by atomic mass is 19.1. The molecule has 0 aromatic heterocycles. The summed E-state index contributed by atoms with van der Waals surface area (Å²) in [5.41, 5.74) is 2.06. The van der Waals surface area contributed by atoms with E-state index in [9.17, 15) is 4.39 Å². The normalized spacial score (nSPS) is 23.7. The summed E-state index contributed by atoms with van der Waals surface area (Å²) in [6.07, 6.45) is 5.26. The fourth-order valence-electron chi connectivity index (χ4n) is 3.68. The molecule has 0 spiro atoms. The molecule has 1 unspecified atom stereocenters. The number of hydrogen-bond acceptors (Lipinski definition) is 3. The maximum atomic E-state index is 13.8. The standard InChI is InChI=1S/C17H26FN3/c1-19-12-14-9-15(18)11-17(10-14)21-8-5-16(13-21)20-6-3-2-4-7-20/h9-11,16,19H,2-8,12-13H2,1H3. The third-order valence-corrected chi connectivity index (χ3v) is 4.76. The zero-order valence-corrected chi connectivity index (χ0v) is 12.9. The summed E-state index contributed by atoms with van der Waals surface area (Å²) in [5, 5.41) is 3.10. The lowest BCUT2D eigenvalue weighted by atomic mass is 10.1. The van der Waals surface area contributed by atoms with Gasteiger partial charge in [-0.3, -0.25) is 4.90 Å². The van der Waals surface area contributed by atoms with Crippen molar-refractivity contribution in [2.75, 3.05) is 38.1 Å². The Morgan fingerprint density at radius 3 is 2.71 bits per heavy atom. The van der Waals surface area contributed by atoms with E-state index in [0.717, 1.165) is 24.3 Å². The van der Waals surface area contributed by atoms with E-state index in [0.29, 0.717) is 12.6 Å². The van der Waals surface area contributed by atoms with Crippen LogP contribution in [0.25, 0.3) is 0 Å². The van der Waals surface area contributed by atoms with Crippen molar-refractivity contribution >= 4 is 5.69 Å². The van der Waals surface area contributed by atoms with E-state index in [1.54, 1.807) is 12.1 Å². The third-order valence-electron chi connectivity index (χ3n) is 4.76. The molecule has 3 rings (SSSR count). The van der Waals surface area contributed by atoms with Crippen molar-refractivity contribution in [1.82, 2.24) is 10.2 Å². The summed E-state index contributed by atoms with van der Waals surface area (Å²) in [5.74, 6) is -0.126. The Morgan fingerprint density at radius 1 is 1.14 bits per heavy atom. The number of nitrogens with zero attached hydrogens (tertiary/aromatic N) is 2. The molecule has 1 aromatic carbocycles. The zero-order valence-electron chi connectivity index (χ0n) is 12.9. The Hall–Kier alpha value is -1.13. The topological polar surface area (TPSA) is 18.5 Å². The molecule has 1 atom stereocenters.